The number of pyridine rings is 1. The number of carbonyl (C=O) groups excluding carboxylic acids is 1. The van der Waals surface area contributed by atoms with Crippen molar-refractivity contribution in [3.63, 3.8) is 0 Å². The van der Waals surface area contributed by atoms with E-state index in [2.05, 4.69) is 45.3 Å². The zero-order chi connectivity index (χ0) is 21.3. The van der Waals surface area contributed by atoms with Crippen LogP contribution in [0.4, 0.5) is 0 Å². The van der Waals surface area contributed by atoms with Crippen LogP contribution in [0.15, 0.2) is 70.5 Å². The van der Waals surface area contributed by atoms with Crippen LogP contribution in [0.5, 0.6) is 11.5 Å². The molecule has 0 saturated carbocycles. The minimum atomic E-state index is -0.312. The Morgan fingerprint density at radius 3 is 2.57 bits per heavy atom. The summed E-state index contributed by atoms with van der Waals surface area (Å²) in [6, 6.07) is 14.8. The van der Waals surface area contributed by atoms with Crippen molar-refractivity contribution in [2.75, 3.05) is 13.2 Å². The van der Waals surface area contributed by atoms with Gasteiger partial charge in [0.1, 0.15) is 24.7 Å². The fourth-order valence-corrected chi connectivity index (χ4v) is 2.97. The molecule has 0 aliphatic rings. The Bertz CT molecular complexity index is 1040. The van der Waals surface area contributed by atoms with Crippen LogP contribution >= 0.6 is 15.9 Å². The zero-order valence-electron chi connectivity index (χ0n) is 16.8. The predicted molar refractivity (Wildman–Crippen MR) is 120 cm³/mol. The van der Waals surface area contributed by atoms with Gasteiger partial charge in [-0.2, -0.15) is 5.10 Å². The minimum absolute atomic E-state index is 0.312. The third-order valence-corrected chi connectivity index (χ3v) is 4.87. The molecular formula is C23H22BrN3O3. The maximum absolute atomic E-state index is 12.1. The molecule has 3 rings (SSSR count). The van der Waals surface area contributed by atoms with E-state index in [-0.39, 0.29) is 5.91 Å². The van der Waals surface area contributed by atoms with E-state index >= 15 is 0 Å². The quantitative estimate of drug-likeness (QED) is 0.296. The molecule has 1 heterocycles. The fraction of sp³-hybridized carbons (Fsp3) is 0.174. The predicted octanol–water partition coefficient (Wildman–Crippen LogP) is 4.68. The van der Waals surface area contributed by atoms with Gasteiger partial charge >= 0.3 is 0 Å². The van der Waals surface area contributed by atoms with E-state index in [1.807, 2.05) is 36.4 Å². The molecule has 0 atom stereocenters. The Labute approximate surface area is 184 Å². The first kappa shape index (κ1) is 21.5. The van der Waals surface area contributed by atoms with Gasteiger partial charge in [0.05, 0.1) is 6.21 Å². The molecule has 0 aliphatic heterocycles. The van der Waals surface area contributed by atoms with Crippen LogP contribution in [-0.4, -0.2) is 30.3 Å². The van der Waals surface area contributed by atoms with Crippen LogP contribution in [0.25, 0.3) is 0 Å². The lowest BCUT2D eigenvalue weighted by Gasteiger charge is -2.11. The summed E-state index contributed by atoms with van der Waals surface area (Å²) in [5.41, 5.74) is 6.13. The van der Waals surface area contributed by atoms with Crippen molar-refractivity contribution < 1.29 is 14.3 Å². The van der Waals surface area contributed by atoms with Gasteiger partial charge in [0.25, 0.3) is 5.91 Å². The fourth-order valence-electron chi connectivity index (χ4n) is 2.59. The van der Waals surface area contributed by atoms with Crippen LogP contribution in [0.3, 0.4) is 0 Å². The average Bonchev–Trinajstić information content (AvgIpc) is 2.75. The minimum Gasteiger partial charge on any atom is -0.490 e. The molecule has 1 N–H and O–H groups in total. The first-order chi connectivity index (χ1) is 14.5. The summed E-state index contributed by atoms with van der Waals surface area (Å²) in [5.74, 6) is 1.15. The summed E-state index contributed by atoms with van der Waals surface area (Å²) in [4.78, 5) is 16.0. The van der Waals surface area contributed by atoms with Gasteiger partial charge in [0.2, 0.25) is 0 Å². The molecule has 6 nitrogen and oxygen atoms in total. The first-order valence-electron chi connectivity index (χ1n) is 9.39. The van der Waals surface area contributed by atoms with Crippen molar-refractivity contribution >= 4 is 28.1 Å². The lowest BCUT2D eigenvalue weighted by atomic mass is 10.1. The standard InChI is InChI=1S/C23H22BrN3O3/c1-16-3-5-21(13-17(16)2)29-11-12-30-22-6-4-20(24)14-19(22)15-26-27-23(28)18-7-9-25-10-8-18/h3-10,13-15H,11-12H2,1-2H3,(H,27,28)/b26-15+. The molecule has 0 saturated heterocycles. The number of hydrogen-bond donors (Lipinski definition) is 1. The highest BCUT2D eigenvalue weighted by Crippen LogP contribution is 2.22. The lowest BCUT2D eigenvalue weighted by molar-refractivity contribution is 0.0955. The summed E-state index contributed by atoms with van der Waals surface area (Å²) < 4.78 is 12.5. The highest BCUT2D eigenvalue weighted by Gasteiger charge is 2.06. The Hall–Kier alpha value is -3.19. The number of benzene rings is 2. The zero-order valence-corrected chi connectivity index (χ0v) is 18.3. The highest BCUT2D eigenvalue weighted by atomic mass is 79.9. The van der Waals surface area contributed by atoms with E-state index < -0.39 is 0 Å². The summed E-state index contributed by atoms with van der Waals surface area (Å²) in [7, 11) is 0. The molecule has 154 valence electrons. The van der Waals surface area contributed by atoms with E-state index in [1.165, 1.54) is 11.1 Å². The number of halogens is 1. The number of aryl methyl sites for hydroxylation is 2. The van der Waals surface area contributed by atoms with Crippen LogP contribution in [0.2, 0.25) is 0 Å². The second-order valence-electron chi connectivity index (χ2n) is 6.56. The Kier molecular flexibility index (Phi) is 7.57. The summed E-state index contributed by atoms with van der Waals surface area (Å²) >= 11 is 3.44. The van der Waals surface area contributed by atoms with Gasteiger partial charge in [0.15, 0.2) is 0 Å². The summed E-state index contributed by atoms with van der Waals surface area (Å²) in [6.07, 6.45) is 4.65. The molecule has 0 spiro atoms. The van der Waals surface area contributed by atoms with E-state index in [1.54, 1.807) is 30.7 Å². The van der Waals surface area contributed by atoms with E-state index in [4.69, 9.17) is 9.47 Å². The molecule has 2 aromatic carbocycles. The van der Waals surface area contributed by atoms with Crippen molar-refractivity contribution in [3.8, 4) is 11.5 Å². The molecule has 0 unspecified atom stereocenters. The number of aromatic nitrogens is 1. The summed E-state index contributed by atoms with van der Waals surface area (Å²) in [6.45, 7) is 4.91. The lowest BCUT2D eigenvalue weighted by Crippen LogP contribution is -2.17. The van der Waals surface area contributed by atoms with Gasteiger partial charge in [-0.1, -0.05) is 22.0 Å². The second-order valence-corrected chi connectivity index (χ2v) is 7.48. The smallest absolute Gasteiger partial charge is 0.271 e. The third-order valence-electron chi connectivity index (χ3n) is 4.37. The maximum atomic E-state index is 12.1. The Morgan fingerprint density at radius 2 is 1.80 bits per heavy atom. The van der Waals surface area contributed by atoms with Crippen molar-refractivity contribution in [2.24, 2.45) is 5.10 Å². The molecule has 3 aromatic rings. The van der Waals surface area contributed by atoms with Crippen LogP contribution in [0.1, 0.15) is 27.0 Å². The maximum Gasteiger partial charge on any atom is 0.271 e. The third kappa shape index (κ3) is 6.15. The van der Waals surface area contributed by atoms with Gasteiger partial charge in [-0.3, -0.25) is 9.78 Å². The van der Waals surface area contributed by atoms with Crippen LogP contribution in [-0.2, 0) is 0 Å². The molecule has 0 radical (unpaired) electrons. The number of hydrogen-bond acceptors (Lipinski definition) is 5. The Balaban J connectivity index is 1.56. The molecule has 0 fully saturated rings. The van der Waals surface area contributed by atoms with Gasteiger partial charge < -0.3 is 9.47 Å². The van der Waals surface area contributed by atoms with E-state index in [0.717, 1.165) is 15.8 Å². The monoisotopic (exact) mass is 467 g/mol. The van der Waals surface area contributed by atoms with Gasteiger partial charge in [-0.05, 0) is 67.4 Å². The molecule has 1 aromatic heterocycles. The van der Waals surface area contributed by atoms with E-state index in [0.29, 0.717) is 24.5 Å². The highest BCUT2D eigenvalue weighted by molar-refractivity contribution is 9.10. The number of rotatable bonds is 8. The molecule has 7 heteroatoms. The number of hydrazone groups is 1. The molecular weight excluding hydrogens is 446 g/mol. The molecule has 0 aliphatic carbocycles. The van der Waals surface area contributed by atoms with E-state index in [9.17, 15) is 4.79 Å². The largest absolute Gasteiger partial charge is 0.490 e. The SMILES string of the molecule is Cc1ccc(OCCOc2ccc(Br)cc2/C=N/NC(=O)c2ccncc2)cc1C. The number of amides is 1. The Morgan fingerprint density at radius 1 is 1.03 bits per heavy atom. The topological polar surface area (TPSA) is 72.8 Å². The van der Waals surface area contributed by atoms with Crippen molar-refractivity contribution in [1.29, 1.82) is 0 Å². The van der Waals surface area contributed by atoms with Crippen LogP contribution < -0.4 is 14.9 Å². The second kappa shape index (κ2) is 10.5. The summed E-state index contributed by atoms with van der Waals surface area (Å²) in [5, 5.41) is 4.04. The van der Waals surface area contributed by atoms with Gasteiger partial charge in [-0.15, -0.1) is 0 Å². The molecule has 1 amide bonds. The van der Waals surface area contributed by atoms with Crippen molar-refractivity contribution in [1.82, 2.24) is 10.4 Å². The molecule has 0 bridgehead atoms. The number of carbonyl (C=O) groups is 1. The van der Waals surface area contributed by atoms with Gasteiger partial charge in [-0.25, -0.2) is 5.43 Å². The number of nitrogens with one attached hydrogen (secondary N) is 1. The average molecular weight is 468 g/mol. The molecule has 30 heavy (non-hydrogen) atoms. The van der Waals surface area contributed by atoms with Crippen molar-refractivity contribution in [2.45, 2.75) is 13.8 Å². The van der Waals surface area contributed by atoms with Crippen molar-refractivity contribution in [3.05, 3.63) is 87.7 Å². The van der Waals surface area contributed by atoms with Gasteiger partial charge in [0, 0.05) is 28.0 Å². The first-order valence-corrected chi connectivity index (χ1v) is 10.2. The number of ether oxygens (including phenoxy) is 2. The number of nitrogens with zero attached hydrogens (tertiary/aromatic N) is 2. The normalized spacial score (nSPS) is 10.8. The van der Waals surface area contributed by atoms with Crippen LogP contribution in [0, 0.1) is 13.8 Å².